The highest BCUT2D eigenvalue weighted by atomic mass is 16.5. The number of piperidine rings is 1. The minimum absolute atomic E-state index is 0.124. The highest BCUT2D eigenvalue weighted by Crippen LogP contribution is 2.22. The van der Waals surface area contributed by atoms with E-state index in [1.54, 1.807) is 0 Å². The van der Waals surface area contributed by atoms with Crippen molar-refractivity contribution >= 4 is 11.9 Å². The number of unbranched alkanes of at least 4 members (excludes halogenated alkanes) is 3. The highest BCUT2D eigenvalue weighted by molar-refractivity contribution is 5.77. The molecule has 1 heterocycles. The minimum Gasteiger partial charge on any atom is -0.469 e. The van der Waals surface area contributed by atoms with E-state index >= 15 is 0 Å². The molecule has 0 saturated carbocycles. The van der Waals surface area contributed by atoms with Gasteiger partial charge in [0.15, 0.2) is 0 Å². The Kier molecular flexibility index (Phi) is 9.77. The topological polar surface area (TPSA) is 66.8 Å². The summed E-state index contributed by atoms with van der Waals surface area (Å²) in [6.07, 6.45) is 10.9. The largest absolute Gasteiger partial charge is 0.469 e. The van der Waals surface area contributed by atoms with Gasteiger partial charge in [-0.25, -0.2) is 0 Å². The van der Waals surface area contributed by atoms with Gasteiger partial charge in [0.25, 0.3) is 0 Å². The first-order valence-electron chi connectivity index (χ1n) is 10.4. The molecule has 1 aliphatic heterocycles. The van der Waals surface area contributed by atoms with Crippen LogP contribution in [0.25, 0.3) is 0 Å². The Labute approximate surface area is 168 Å². The zero-order chi connectivity index (χ0) is 20.2. The van der Waals surface area contributed by atoms with E-state index in [4.69, 9.17) is 0 Å². The summed E-state index contributed by atoms with van der Waals surface area (Å²) in [4.78, 5) is 25.5. The predicted octanol–water partition coefficient (Wildman–Crippen LogP) is 4.17. The van der Waals surface area contributed by atoms with E-state index in [1.807, 2.05) is 41.3 Å². The van der Waals surface area contributed by atoms with E-state index in [0.717, 1.165) is 50.6 Å². The normalized spacial score (nSPS) is 18.4. The first-order chi connectivity index (χ1) is 13.6. The van der Waals surface area contributed by atoms with Crippen LogP contribution in [-0.2, 0) is 14.3 Å². The second-order valence-electron chi connectivity index (χ2n) is 7.38. The number of benzene rings is 1. The number of amides is 1. The molecule has 0 radical (unpaired) electrons. The van der Waals surface area contributed by atoms with Crippen LogP contribution in [0.3, 0.4) is 0 Å². The molecule has 1 amide bonds. The third-order valence-corrected chi connectivity index (χ3v) is 5.27. The average molecular weight is 388 g/mol. The van der Waals surface area contributed by atoms with Crippen molar-refractivity contribution in [1.82, 2.24) is 4.90 Å². The average Bonchev–Trinajstić information content (AvgIpc) is 2.72. The Balaban J connectivity index is 1.76. The van der Waals surface area contributed by atoms with Crippen molar-refractivity contribution in [3.63, 3.8) is 0 Å². The second-order valence-corrected chi connectivity index (χ2v) is 7.38. The van der Waals surface area contributed by atoms with Gasteiger partial charge in [-0.3, -0.25) is 9.59 Å². The Morgan fingerprint density at radius 1 is 1.25 bits per heavy atom. The van der Waals surface area contributed by atoms with Gasteiger partial charge < -0.3 is 14.7 Å². The lowest BCUT2D eigenvalue weighted by Crippen LogP contribution is -2.43. The quantitative estimate of drug-likeness (QED) is 0.351. The van der Waals surface area contributed by atoms with Crippen LogP contribution >= 0.6 is 0 Å². The monoisotopic (exact) mass is 387 g/mol. The van der Waals surface area contributed by atoms with Gasteiger partial charge in [-0.15, -0.1) is 0 Å². The molecule has 0 aromatic heterocycles. The SMILES string of the molecule is COC(=O)CCCCCCN1C(=O)CCCC1C=CCC(O)c1ccccc1. The van der Waals surface area contributed by atoms with E-state index in [1.165, 1.54) is 7.11 Å². The van der Waals surface area contributed by atoms with Crippen molar-refractivity contribution in [3.05, 3.63) is 48.0 Å². The lowest BCUT2D eigenvalue weighted by molar-refractivity contribution is -0.140. The Morgan fingerprint density at radius 2 is 2.00 bits per heavy atom. The van der Waals surface area contributed by atoms with Gasteiger partial charge in [-0.2, -0.15) is 0 Å². The Bertz CT molecular complexity index is 629. The number of aliphatic hydroxyl groups is 1. The Hall–Kier alpha value is -2.14. The number of ether oxygens (including phenoxy) is 1. The van der Waals surface area contributed by atoms with Crippen LogP contribution in [-0.4, -0.2) is 41.6 Å². The molecule has 0 bridgehead atoms. The molecule has 154 valence electrons. The van der Waals surface area contributed by atoms with Crippen LogP contribution < -0.4 is 0 Å². The van der Waals surface area contributed by atoms with Crippen molar-refractivity contribution in [2.75, 3.05) is 13.7 Å². The number of carbonyl (C=O) groups excluding carboxylic acids is 2. The Morgan fingerprint density at radius 3 is 2.75 bits per heavy atom. The van der Waals surface area contributed by atoms with Crippen molar-refractivity contribution in [2.45, 2.75) is 69.9 Å². The molecule has 5 heteroatoms. The molecule has 0 aliphatic carbocycles. The number of hydrogen-bond donors (Lipinski definition) is 1. The number of rotatable bonds is 11. The van der Waals surface area contributed by atoms with E-state index in [0.29, 0.717) is 19.3 Å². The maximum atomic E-state index is 12.4. The molecule has 1 fully saturated rings. The summed E-state index contributed by atoms with van der Waals surface area (Å²) in [5.74, 6) is 0.0631. The van der Waals surface area contributed by atoms with Crippen LogP contribution in [0.15, 0.2) is 42.5 Å². The van der Waals surface area contributed by atoms with Gasteiger partial charge >= 0.3 is 5.97 Å². The van der Waals surface area contributed by atoms with E-state index in [-0.39, 0.29) is 17.9 Å². The molecular weight excluding hydrogens is 354 g/mol. The van der Waals surface area contributed by atoms with Crippen LogP contribution in [0, 0.1) is 0 Å². The van der Waals surface area contributed by atoms with Gasteiger partial charge in [0.1, 0.15) is 0 Å². The van der Waals surface area contributed by atoms with Crippen LogP contribution in [0.2, 0.25) is 0 Å². The lowest BCUT2D eigenvalue weighted by atomic mass is 9.99. The maximum Gasteiger partial charge on any atom is 0.305 e. The second kappa shape index (κ2) is 12.3. The van der Waals surface area contributed by atoms with E-state index in [9.17, 15) is 14.7 Å². The summed E-state index contributed by atoms with van der Waals surface area (Å²) in [5, 5.41) is 10.3. The number of nitrogens with zero attached hydrogens (tertiary/aromatic N) is 1. The molecule has 2 unspecified atom stereocenters. The van der Waals surface area contributed by atoms with Gasteiger partial charge in [-0.1, -0.05) is 55.3 Å². The summed E-state index contributed by atoms with van der Waals surface area (Å²) in [7, 11) is 1.41. The molecule has 1 aliphatic rings. The highest BCUT2D eigenvalue weighted by Gasteiger charge is 2.25. The first kappa shape index (κ1) is 22.2. The standard InChI is InChI=1S/C23H33NO4/c1-28-23(27)17-7-2-3-8-18-24-20(14-10-16-22(24)26)13-9-15-21(25)19-11-5-4-6-12-19/h4-6,9,11-13,20-21,25H,2-3,7-8,10,14-18H2,1H3. The van der Waals surface area contributed by atoms with Crippen LogP contribution in [0.1, 0.15) is 69.5 Å². The third kappa shape index (κ3) is 7.47. The smallest absolute Gasteiger partial charge is 0.305 e. The molecular formula is C23H33NO4. The molecule has 1 aromatic rings. The van der Waals surface area contributed by atoms with Crippen molar-refractivity contribution in [3.8, 4) is 0 Å². The first-order valence-corrected chi connectivity index (χ1v) is 10.4. The fraction of sp³-hybridized carbons (Fsp3) is 0.565. The van der Waals surface area contributed by atoms with Crippen molar-refractivity contribution < 1.29 is 19.4 Å². The predicted molar refractivity (Wildman–Crippen MR) is 110 cm³/mol. The fourth-order valence-electron chi connectivity index (χ4n) is 3.62. The zero-order valence-electron chi connectivity index (χ0n) is 16.9. The van der Waals surface area contributed by atoms with Crippen molar-refractivity contribution in [2.24, 2.45) is 0 Å². The molecule has 0 spiro atoms. The molecule has 2 rings (SSSR count). The fourth-order valence-corrected chi connectivity index (χ4v) is 3.62. The number of likely N-dealkylation sites (tertiary alicyclic amines) is 1. The molecule has 1 saturated heterocycles. The summed E-state index contributed by atoms with van der Waals surface area (Å²) in [6, 6.07) is 9.76. The molecule has 2 atom stereocenters. The molecule has 1 aromatic carbocycles. The van der Waals surface area contributed by atoms with Gasteiger partial charge in [0.2, 0.25) is 5.91 Å². The molecule has 5 nitrogen and oxygen atoms in total. The number of esters is 1. The van der Waals surface area contributed by atoms with E-state index in [2.05, 4.69) is 10.8 Å². The number of hydrogen-bond acceptors (Lipinski definition) is 4. The maximum absolute atomic E-state index is 12.4. The summed E-state index contributed by atoms with van der Waals surface area (Å²) in [5.41, 5.74) is 0.913. The minimum atomic E-state index is -0.514. The summed E-state index contributed by atoms with van der Waals surface area (Å²) < 4.78 is 4.65. The summed E-state index contributed by atoms with van der Waals surface area (Å²) in [6.45, 7) is 0.757. The summed E-state index contributed by atoms with van der Waals surface area (Å²) >= 11 is 0. The number of aliphatic hydroxyl groups excluding tert-OH is 1. The number of methoxy groups -OCH3 is 1. The van der Waals surface area contributed by atoms with Gasteiger partial charge in [0.05, 0.1) is 13.2 Å². The van der Waals surface area contributed by atoms with Gasteiger partial charge in [-0.05, 0) is 37.7 Å². The van der Waals surface area contributed by atoms with Crippen molar-refractivity contribution in [1.29, 1.82) is 0 Å². The third-order valence-electron chi connectivity index (χ3n) is 5.27. The van der Waals surface area contributed by atoms with E-state index < -0.39 is 6.10 Å². The van der Waals surface area contributed by atoms with Crippen LogP contribution in [0.4, 0.5) is 0 Å². The van der Waals surface area contributed by atoms with Crippen LogP contribution in [0.5, 0.6) is 0 Å². The zero-order valence-corrected chi connectivity index (χ0v) is 16.9. The molecule has 1 N–H and O–H groups in total. The lowest BCUT2D eigenvalue weighted by Gasteiger charge is -2.34. The number of carbonyl (C=O) groups is 2. The molecule has 28 heavy (non-hydrogen) atoms. The van der Waals surface area contributed by atoms with Gasteiger partial charge in [0, 0.05) is 25.4 Å².